The molecule has 0 unspecified atom stereocenters. The molecule has 0 saturated heterocycles. The Morgan fingerprint density at radius 3 is 2.10 bits per heavy atom. The fourth-order valence-corrected chi connectivity index (χ4v) is 3.04. The summed E-state index contributed by atoms with van der Waals surface area (Å²) in [6, 6.07) is 12.3. The summed E-state index contributed by atoms with van der Waals surface area (Å²) in [7, 11) is -1.96. The lowest BCUT2D eigenvalue weighted by atomic mass is 10.1. The maximum absolute atomic E-state index is 12.1. The summed E-state index contributed by atoms with van der Waals surface area (Å²) in [5.41, 5.74) is 7.99. The second-order valence-electron chi connectivity index (χ2n) is 6.03. The molecule has 166 valence electrons. The van der Waals surface area contributed by atoms with Crippen LogP contribution in [-0.4, -0.2) is 27.8 Å². The second kappa shape index (κ2) is 11.4. The van der Waals surface area contributed by atoms with Crippen molar-refractivity contribution in [2.45, 2.75) is 25.2 Å². The summed E-state index contributed by atoms with van der Waals surface area (Å²) in [5, 5.41) is 2.91. The van der Waals surface area contributed by atoms with Gasteiger partial charge in [-0.25, -0.2) is 18.1 Å². The van der Waals surface area contributed by atoms with Crippen LogP contribution in [0.5, 0.6) is 5.75 Å². The summed E-state index contributed by atoms with van der Waals surface area (Å²) in [5.74, 6) is -0.238. The Hall–Kier alpha value is -2.06. The molecule has 0 spiro atoms. The molecule has 0 saturated carbocycles. The number of benzene rings is 2. The molecular formula is C18H22F3IN4O3S. The van der Waals surface area contributed by atoms with E-state index in [1.807, 2.05) is 0 Å². The molecule has 0 aliphatic carbocycles. The number of hydrogen-bond donors (Lipinski definition) is 3. The van der Waals surface area contributed by atoms with Crippen LogP contribution in [0.2, 0.25) is 0 Å². The van der Waals surface area contributed by atoms with Gasteiger partial charge in [-0.15, -0.1) is 37.1 Å². The van der Waals surface area contributed by atoms with Gasteiger partial charge in [0.2, 0.25) is 10.0 Å². The van der Waals surface area contributed by atoms with E-state index >= 15 is 0 Å². The van der Waals surface area contributed by atoms with Gasteiger partial charge in [-0.05, 0) is 35.9 Å². The van der Waals surface area contributed by atoms with E-state index < -0.39 is 16.4 Å². The first-order valence-corrected chi connectivity index (χ1v) is 10.1. The standard InChI is InChI=1S/C18H21F3N4O3S.HI/c1-23-29(26,27)12-15-4-2-13(3-5-15)10-24-17(22)25-11-14-6-8-16(9-7-14)28-18(19,20)21;/h2-9,23H,10-12H2,1H3,(H3,22,24,25);1H. The van der Waals surface area contributed by atoms with Gasteiger partial charge in [-0.3, -0.25) is 0 Å². The third-order valence-corrected chi connectivity index (χ3v) is 5.09. The van der Waals surface area contributed by atoms with Crippen LogP contribution in [0, 0.1) is 0 Å². The van der Waals surface area contributed by atoms with Crippen molar-refractivity contribution in [3.8, 4) is 5.75 Å². The van der Waals surface area contributed by atoms with E-state index in [-0.39, 0.29) is 48.0 Å². The molecule has 0 amide bonds. The first-order valence-electron chi connectivity index (χ1n) is 8.44. The van der Waals surface area contributed by atoms with Crippen molar-refractivity contribution >= 4 is 40.0 Å². The largest absolute Gasteiger partial charge is 0.573 e. The number of rotatable bonds is 8. The second-order valence-corrected chi connectivity index (χ2v) is 7.95. The van der Waals surface area contributed by atoms with Gasteiger partial charge < -0.3 is 15.8 Å². The van der Waals surface area contributed by atoms with E-state index in [0.29, 0.717) is 17.7 Å². The van der Waals surface area contributed by atoms with Crippen molar-refractivity contribution in [2.75, 3.05) is 7.05 Å². The summed E-state index contributed by atoms with van der Waals surface area (Å²) >= 11 is 0. The van der Waals surface area contributed by atoms with Crippen LogP contribution in [0.1, 0.15) is 16.7 Å². The lowest BCUT2D eigenvalue weighted by molar-refractivity contribution is -0.274. The van der Waals surface area contributed by atoms with E-state index in [4.69, 9.17) is 5.73 Å². The highest BCUT2D eigenvalue weighted by Crippen LogP contribution is 2.22. The predicted octanol–water partition coefficient (Wildman–Crippen LogP) is 2.86. The number of alkyl halides is 3. The van der Waals surface area contributed by atoms with Gasteiger partial charge in [0.1, 0.15) is 5.75 Å². The Balaban J connectivity index is 0.00000450. The van der Waals surface area contributed by atoms with Crippen LogP contribution < -0.4 is 20.5 Å². The molecule has 0 fully saturated rings. The van der Waals surface area contributed by atoms with Crippen molar-refractivity contribution in [1.29, 1.82) is 0 Å². The Bertz CT molecular complexity index is 935. The Morgan fingerprint density at radius 2 is 1.57 bits per heavy atom. The molecule has 2 aromatic rings. The number of nitrogens with two attached hydrogens (primary N) is 1. The van der Waals surface area contributed by atoms with Gasteiger partial charge in [-0.1, -0.05) is 36.4 Å². The normalized spacial score (nSPS) is 12.2. The Kier molecular flexibility index (Phi) is 9.84. The predicted molar refractivity (Wildman–Crippen MR) is 119 cm³/mol. The monoisotopic (exact) mass is 558 g/mol. The summed E-state index contributed by atoms with van der Waals surface area (Å²) in [4.78, 5) is 4.12. The van der Waals surface area contributed by atoms with E-state index in [0.717, 1.165) is 5.56 Å². The zero-order chi connectivity index (χ0) is 21.5. The number of sulfonamides is 1. The molecule has 12 heteroatoms. The van der Waals surface area contributed by atoms with Crippen molar-refractivity contribution < 1.29 is 26.3 Å². The molecule has 0 aromatic heterocycles. The highest BCUT2D eigenvalue weighted by Gasteiger charge is 2.30. The molecule has 2 aromatic carbocycles. The summed E-state index contributed by atoms with van der Waals surface area (Å²) in [6.07, 6.45) is -4.73. The number of nitrogens with zero attached hydrogens (tertiary/aromatic N) is 1. The molecule has 0 aliphatic rings. The average molecular weight is 558 g/mol. The first-order chi connectivity index (χ1) is 13.6. The molecule has 0 aliphatic heterocycles. The minimum atomic E-state index is -4.73. The average Bonchev–Trinajstić information content (AvgIpc) is 2.65. The number of ether oxygens (including phenoxy) is 1. The zero-order valence-electron chi connectivity index (χ0n) is 15.9. The fraction of sp³-hybridized carbons (Fsp3) is 0.278. The molecule has 4 N–H and O–H groups in total. The molecule has 0 radical (unpaired) electrons. The molecule has 2 rings (SSSR count). The SMILES string of the molecule is CNS(=O)(=O)Cc1ccc(CNC(N)=NCc2ccc(OC(F)(F)F)cc2)cc1.I. The number of aliphatic imine (C=N–C) groups is 1. The smallest absolute Gasteiger partial charge is 0.406 e. The highest BCUT2D eigenvalue weighted by atomic mass is 127. The van der Waals surface area contributed by atoms with Gasteiger partial charge in [0.25, 0.3) is 0 Å². The van der Waals surface area contributed by atoms with Crippen LogP contribution in [0.15, 0.2) is 53.5 Å². The number of halogens is 4. The summed E-state index contributed by atoms with van der Waals surface area (Å²) in [6.45, 7) is 0.568. The minimum Gasteiger partial charge on any atom is -0.406 e. The van der Waals surface area contributed by atoms with Crippen LogP contribution in [-0.2, 0) is 28.9 Å². The molecule has 30 heavy (non-hydrogen) atoms. The van der Waals surface area contributed by atoms with E-state index in [2.05, 4.69) is 19.8 Å². The third-order valence-electron chi connectivity index (χ3n) is 3.75. The van der Waals surface area contributed by atoms with Gasteiger partial charge in [-0.2, -0.15) is 0 Å². The maximum atomic E-state index is 12.1. The molecule has 0 atom stereocenters. The summed E-state index contributed by atoms with van der Waals surface area (Å²) < 4.78 is 65.5. The Morgan fingerprint density at radius 1 is 1.03 bits per heavy atom. The zero-order valence-corrected chi connectivity index (χ0v) is 19.1. The van der Waals surface area contributed by atoms with Crippen LogP contribution >= 0.6 is 24.0 Å². The van der Waals surface area contributed by atoms with Crippen LogP contribution in [0.25, 0.3) is 0 Å². The van der Waals surface area contributed by atoms with E-state index in [1.54, 1.807) is 24.3 Å². The fourth-order valence-electron chi connectivity index (χ4n) is 2.27. The molecule has 0 bridgehead atoms. The van der Waals surface area contributed by atoms with E-state index in [1.165, 1.54) is 31.3 Å². The van der Waals surface area contributed by atoms with Gasteiger partial charge in [0.15, 0.2) is 5.96 Å². The first kappa shape index (κ1) is 26.0. The maximum Gasteiger partial charge on any atom is 0.573 e. The van der Waals surface area contributed by atoms with Crippen molar-refractivity contribution in [2.24, 2.45) is 10.7 Å². The molecule has 0 heterocycles. The topological polar surface area (TPSA) is 106 Å². The lowest BCUT2D eigenvalue weighted by Crippen LogP contribution is -2.31. The van der Waals surface area contributed by atoms with Gasteiger partial charge in [0, 0.05) is 6.54 Å². The van der Waals surface area contributed by atoms with Gasteiger partial charge in [0.05, 0.1) is 12.3 Å². The number of hydrogen-bond acceptors (Lipinski definition) is 4. The molecular weight excluding hydrogens is 536 g/mol. The van der Waals surface area contributed by atoms with Crippen LogP contribution in [0.4, 0.5) is 13.2 Å². The van der Waals surface area contributed by atoms with Gasteiger partial charge >= 0.3 is 6.36 Å². The number of guanidine groups is 1. The minimum absolute atomic E-state index is 0. The quantitative estimate of drug-likeness (QED) is 0.263. The van der Waals surface area contributed by atoms with Crippen LogP contribution in [0.3, 0.4) is 0 Å². The highest BCUT2D eigenvalue weighted by molar-refractivity contribution is 14.0. The van der Waals surface area contributed by atoms with Crippen molar-refractivity contribution in [3.05, 3.63) is 65.2 Å². The number of nitrogens with one attached hydrogen (secondary N) is 2. The third kappa shape index (κ3) is 9.63. The lowest BCUT2D eigenvalue weighted by Gasteiger charge is -2.09. The Labute approximate surface area is 190 Å². The van der Waals surface area contributed by atoms with E-state index in [9.17, 15) is 21.6 Å². The van der Waals surface area contributed by atoms with Crippen molar-refractivity contribution in [1.82, 2.24) is 10.0 Å². The molecule has 7 nitrogen and oxygen atoms in total. The van der Waals surface area contributed by atoms with Crippen molar-refractivity contribution in [3.63, 3.8) is 0 Å².